The standard InChI is InChI=1S/C17H34/c1-9-15(4)17(7,8)12-11-14(3)13-16(5,6)10-2/h13,15H,9-12H2,1-8H3/b14-13+. The van der Waals surface area contributed by atoms with Crippen molar-refractivity contribution in [2.45, 2.75) is 81.1 Å². The number of hydrogen-bond acceptors (Lipinski definition) is 0. The molecule has 102 valence electrons. The lowest BCUT2D eigenvalue weighted by Crippen LogP contribution is -2.21. The van der Waals surface area contributed by atoms with E-state index < -0.39 is 0 Å². The van der Waals surface area contributed by atoms with E-state index in [0.29, 0.717) is 10.8 Å². The van der Waals surface area contributed by atoms with Crippen LogP contribution in [-0.4, -0.2) is 0 Å². The third kappa shape index (κ3) is 6.29. The maximum Gasteiger partial charge on any atom is -0.0175 e. The Morgan fingerprint density at radius 2 is 1.65 bits per heavy atom. The molecule has 0 N–H and O–H groups in total. The summed E-state index contributed by atoms with van der Waals surface area (Å²) in [5.41, 5.74) is 2.40. The molecule has 1 atom stereocenters. The van der Waals surface area contributed by atoms with Crippen molar-refractivity contribution >= 4 is 0 Å². The van der Waals surface area contributed by atoms with Crippen molar-refractivity contribution in [1.82, 2.24) is 0 Å². The van der Waals surface area contributed by atoms with Gasteiger partial charge in [-0.15, -0.1) is 0 Å². The molecule has 0 aliphatic carbocycles. The lowest BCUT2D eigenvalue weighted by Gasteiger charge is -2.31. The second-order valence-electron chi connectivity index (χ2n) is 7.13. The molecule has 0 rings (SSSR count). The molecule has 0 heteroatoms. The van der Waals surface area contributed by atoms with Gasteiger partial charge in [-0.1, -0.05) is 66.5 Å². The third-order valence-electron chi connectivity index (χ3n) is 4.66. The van der Waals surface area contributed by atoms with Crippen molar-refractivity contribution in [3.05, 3.63) is 11.6 Å². The minimum absolute atomic E-state index is 0.366. The second-order valence-corrected chi connectivity index (χ2v) is 7.13. The van der Waals surface area contributed by atoms with Crippen LogP contribution in [0.3, 0.4) is 0 Å². The van der Waals surface area contributed by atoms with Gasteiger partial charge in [0.2, 0.25) is 0 Å². The molecular weight excluding hydrogens is 204 g/mol. The van der Waals surface area contributed by atoms with Crippen LogP contribution in [0.1, 0.15) is 81.1 Å². The molecular formula is C17H34. The van der Waals surface area contributed by atoms with E-state index in [0.717, 1.165) is 5.92 Å². The van der Waals surface area contributed by atoms with Gasteiger partial charge in [0.25, 0.3) is 0 Å². The summed E-state index contributed by atoms with van der Waals surface area (Å²) >= 11 is 0. The van der Waals surface area contributed by atoms with E-state index in [4.69, 9.17) is 0 Å². The van der Waals surface area contributed by atoms with Crippen LogP contribution in [0.4, 0.5) is 0 Å². The van der Waals surface area contributed by atoms with Crippen molar-refractivity contribution in [2.24, 2.45) is 16.7 Å². The monoisotopic (exact) mass is 238 g/mol. The van der Waals surface area contributed by atoms with Gasteiger partial charge in [-0.25, -0.2) is 0 Å². The molecule has 0 aromatic carbocycles. The first kappa shape index (κ1) is 16.7. The predicted octanol–water partition coefficient (Wildman–Crippen LogP) is 6.22. The molecule has 1 unspecified atom stereocenters. The average Bonchev–Trinajstić information content (AvgIpc) is 2.25. The summed E-state index contributed by atoms with van der Waals surface area (Å²) in [4.78, 5) is 0. The van der Waals surface area contributed by atoms with Gasteiger partial charge >= 0.3 is 0 Å². The Morgan fingerprint density at radius 3 is 2.06 bits per heavy atom. The Bertz CT molecular complexity index is 243. The van der Waals surface area contributed by atoms with Crippen LogP contribution in [-0.2, 0) is 0 Å². The van der Waals surface area contributed by atoms with Gasteiger partial charge in [-0.2, -0.15) is 0 Å². The van der Waals surface area contributed by atoms with Gasteiger partial charge in [-0.3, -0.25) is 0 Å². The first-order valence-electron chi connectivity index (χ1n) is 7.33. The summed E-state index contributed by atoms with van der Waals surface area (Å²) in [5, 5.41) is 0. The minimum atomic E-state index is 0.366. The normalized spacial score (nSPS) is 16.1. The summed E-state index contributed by atoms with van der Waals surface area (Å²) in [6.45, 7) is 18.7. The maximum absolute atomic E-state index is 2.47. The highest BCUT2D eigenvalue weighted by Crippen LogP contribution is 2.35. The van der Waals surface area contributed by atoms with Gasteiger partial charge in [0.05, 0.1) is 0 Å². The molecule has 0 radical (unpaired) electrons. The van der Waals surface area contributed by atoms with Crippen LogP contribution in [0, 0.1) is 16.7 Å². The van der Waals surface area contributed by atoms with E-state index in [1.165, 1.54) is 25.7 Å². The van der Waals surface area contributed by atoms with Gasteiger partial charge in [0.1, 0.15) is 0 Å². The van der Waals surface area contributed by atoms with Gasteiger partial charge in [0.15, 0.2) is 0 Å². The van der Waals surface area contributed by atoms with E-state index in [-0.39, 0.29) is 0 Å². The number of hydrogen-bond donors (Lipinski definition) is 0. The summed E-state index contributed by atoms with van der Waals surface area (Å²) < 4.78 is 0. The van der Waals surface area contributed by atoms with Crippen LogP contribution in [0.5, 0.6) is 0 Å². The molecule has 0 aromatic rings. The Kier molecular flexibility index (Phi) is 6.51. The van der Waals surface area contributed by atoms with Crippen molar-refractivity contribution < 1.29 is 0 Å². The summed E-state index contributed by atoms with van der Waals surface area (Å²) in [6, 6.07) is 0. The Hall–Kier alpha value is -0.260. The summed E-state index contributed by atoms with van der Waals surface area (Å²) in [5.74, 6) is 0.814. The van der Waals surface area contributed by atoms with Crippen molar-refractivity contribution in [3.8, 4) is 0 Å². The summed E-state index contributed by atoms with van der Waals surface area (Å²) in [6.07, 6.45) is 7.54. The first-order chi connectivity index (χ1) is 7.64. The molecule has 0 aromatic heterocycles. The van der Waals surface area contributed by atoms with Crippen LogP contribution >= 0.6 is 0 Å². The van der Waals surface area contributed by atoms with E-state index in [9.17, 15) is 0 Å². The van der Waals surface area contributed by atoms with Crippen LogP contribution in [0.2, 0.25) is 0 Å². The fourth-order valence-electron chi connectivity index (χ4n) is 2.16. The van der Waals surface area contributed by atoms with Crippen LogP contribution in [0.25, 0.3) is 0 Å². The van der Waals surface area contributed by atoms with Crippen molar-refractivity contribution in [2.75, 3.05) is 0 Å². The highest BCUT2D eigenvalue weighted by molar-refractivity contribution is 5.05. The van der Waals surface area contributed by atoms with E-state index >= 15 is 0 Å². The van der Waals surface area contributed by atoms with Gasteiger partial charge in [0, 0.05) is 0 Å². The lowest BCUT2D eigenvalue weighted by molar-refractivity contribution is 0.206. The number of rotatable bonds is 7. The van der Waals surface area contributed by atoms with Crippen LogP contribution < -0.4 is 0 Å². The molecule has 0 bridgehead atoms. The smallest absolute Gasteiger partial charge is 0.0175 e. The molecule has 0 heterocycles. The first-order valence-corrected chi connectivity index (χ1v) is 7.33. The Labute approximate surface area is 110 Å². The number of allylic oxidation sites excluding steroid dienone is 2. The molecule has 0 amide bonds. The molecule has 0 fully saturated rings. The molecule has 0 aliphatic rings. The zero-order chi connectivity index (χ0) is 13.7. The average molecular weight is 238 g/mol. The highest BCUT2D eigenvalue weighted by atomic mass is 14.3. The fraction of sp³-hybridized carbons (Fsp3) is 0.882. The SMILES string of the molecule is CCC(C)C(C)(C)CC/C(C)=C/C(C)(C)CC. The Balaban J connectivity index is 4.38. The zero-order valence-corrected chi connectivity index (χ0v) is 13.5. The molecule has 17 heavy (non-hydrogen) atoms. The molecule has 0 nitrogen and oxygen atoms in total. The largest absolute Gasteiger partial charge is 0.0799 e. The quantitative estimate of drug-likeness (QED) is 0.462. The molecule has 0 spiro atoms. The Morgan fingerprint density at radius 1 is 1.12 bits per heavy atom. The molecule has 0 saturated heterocycles. The molecule has 0 saturated carbocycles. The fourth-order valence-corrected chi connectivity index (χ4v) is 2.16. The van der Waals surface area contributed by atoms with E-state index in [2.05, 4.69) is 61.5 Å². The lowest BCUT2D eigenvalue weighted by atomic mass is 9.74. The second kappa shape index (κ2) is 6.61. The van der Waals surface area contributed by atoms with E-state index in [1.807, 2.05) is 0 Å². The van der Waals surface area contributed by atoms with Crippen molar-refractivity contribution in [3.63, 3.8) is 0 Å². The predicted molar refractivity (Wildman–Crippen MR) is 80.3 cm³/mol. The van der Waals surface area contributed by atoms with Crippen molar-refractivity contribution in [1.29, 1.82) is 0 Å². The highest BCUT2D eigenvalue weighted by Gasteiger charge is 2.24. The molecule has 0 aliphatic heterocycles. The summed E-state index contributed by atoms with van der Waals surface area (Å²) in [7, 11) is 0. The van der Waals surface area contributed by atoms with Crippen LogP contribution in [0.15, 0.2) is 11.6 Å². The topological polar surface area (TPSA) is 0 Å². The minimum Gasteiger partial charge on any atom is -0.0799 e. The third-order valence-corrected chi connectivity index (χ3v) is 4.66. The van der Waals surface area contributed by atoms with Gasteiger partial charge < -0.3 is 0 Å². The van der Waals surface area contributed by atoms with Gasteiger partial charge in [-0.05, 0) is 42.9 Å². The van der Waals surface area contributed by atoms with E-state index in [1.54, 1.807) is 5.57 Å². The zero-order valence-electron chi connectivity index (χ0n) is 13.5. The maximum atomic E-state index is 2.47.